The molecular formula is C19H23N5O3. The number of benzene rings is 2. The van der Waals surface area contributed by atoms with Crippen LogP contribution in [0.25, 0.3) is 5.69 Å². The van der Waals surface area contributed by atoms with Crippen LogP contribution < -0.4 is 14.8 Å². The quantitative estimate of drug-likeness (QED) is 0.598. The molecule has 8 heteroatoms. The molecule has 142 valence electrons. The largest absolute Gasteiger partial charge is 0.490 e. The average Bonchev–Trinajstić information content (AvgIpc) is 3.12. The van der Waals surface area contributed by atoms with Gasteiger partial charge in [-0.2, -0.15) is 4.68 Å². The maximum absolute atomic E-state index is 9.35. The van der Waals surface area contributed by atoms with Gasteiger partial charge in [-0.05, 0) is 54.1 Å². The summed E-state index contributed by atoms with van der Waals surface area (Å²) < 4.78 is 13.2. The van der Waals surface area contributed by atoms with E-state index in [1.165, 1.54) is 4.68 Å². The SMILES string of the molecule is CCOc1cc(CNC[C@@H](C)O)ccc1Oc1nnnn1-c1ccccc1. The van der Waals surface area contributed by atoms with Gasteiger partial charge in [-0.3, -0.25) is 0 Å². The van der Waals surface area contributed by atoms with Gasteiger partial charge in [0.1, 0.15) is 0 Å². The Labute approximate surface area is 157 Å². The Morgan fingerprint density at radius 3 is 2.70 bits per heavy atom. The zero-order valence-corrected chi connectivity index (χ0v) is 15.4. The summed E-state index contributed by atoms with van der Waals surface area (Å²) in [6.07, 6.45) is -0.393. The minimum absolute atomic E-state index is 0.252. The van der Waals surface area contributed by atoms with Gasteiger partial charge >= 0.3 is 6.01 Å². The summed E-state index contributed by atoms with van der Waals surface area (Å²) in [5, 5.41) is 24.2. The van der Waals surface area contributed by atoms with Crippen molar-refractivity contribution in [3.8, 4) is 23.2 Å². The molecule has 2 aromatic carbocycles. The van der Waals surface area contributed by atoms with Crippen molar-refractivity contribution in [2.24, 2.45) is 0 Å². The van der Waals surface area contributed by atoms with Gasteiger partial charge in [-0.25, -0.2) is 0 Å². The summed E-state index contributed by atoms with van der Waals surface area (Å²) in [6, 6.07) is 15.4. The van der Waals surface area contributed by atoms with Gasteiger partial charge in [0, 0.05) is 13.1 Å². The Bertz CT molecular complexity index is 852. The third-order valence-electron chi connectivity index (χ3n) is 3.72. The molecule has 8 nitrogen and oxygen atoms in total. The summed E-state index contributed by atoms with van der Waals surface area (Å²) in [5.74, 6) is 1.14. The Morgan fingerprint density at radius 1 is 1.15 bits per heavy atom. The fourth-order valence-corrected chi connectivity index (χ4v) is 2.51. The molecule has 0 spiro atoms. The van der Waals surface area contributed by atoms with E-state index in [1.54, 1.807) is 6.92 Å². The van der Waals surface area contributed by atoms with Crippen LogP contribution in [0.15, 0.2) is 48.5 Å². The van der Waals surface area contributed by atoms with Crippen molar-refractivity contribution < 1.29 is 14.6 Å². The molecule has 0 radical (unpaired) electrons. The number of tetrazole rings is 1. The lowest BCUT2D eigenvalue weighted by Gasteiger charge is -2.13. The topological polar surface area (TPSA) is 94.3 Å². The van der Waals surface area contributed by atoms with Crippen molar-refractivity contribution in [1.82, 2.24) is 25.5 Å². The third kappa shape index (κ3) is 5.02. The van der Waals surface area contributed by atoms with Crippen molar-refractivity contribution >= 4 is 0 Å². The highest BCUT2D eigenvalue weighted by molar-refractivity contribution is 5.44. The standard InChI is InChI=1S/C19H23N5O3/c1-3-26-18-11-15(13-20-12-14(2)25)9-10-17(18)27-19-21-22-23-24(19)16-7-5-4-6-8-16/h4-11,14,20,25H,3,12-13H2,1-2H3/t14-/m1/s1. The van der Waals surface area contributed by atoms with Gasteiger partial charge in [-0.1, -0.05) is 29.4 Å². The predicted octanol–water partition coefficient (Wildman–Crippen LogP) is 2.32. The second-order valence-electron chi connectivity index (χ2n) is 6.00. The second kappa shape index (κ2) is 9.11. The molecule has 1 atom stereocenters. The van der Waals surface area contributed by atoms with Crippen LogP contribution in [0.3, 0.4) is 0 Å². The fraction of sp³-hybridized carbons (Fsp3) is 0.316. The van der Waals surface area contributed by atoms with Crippen LogP contribution in [0, 0.1) is 0 Å². The smallest absolute Gasteiger partial charge is 0.346 e. The lowest BCUT2D eigenvalue weighted by molar-refractivity contribution is 0.191. The van der Waals surface area contributed by atoms with Crippen LogP contribution in [0.4, 0.5) is 0 Å². The monoisotopic (exact) mass is 369 g/mol. The first kappa shape index (κ1) is 18.8. The Hall–Kier alpha value is -2.97. The molecule has 0 saturated heterocycles. The molecule has 1 aromatic heterocycles. The van der Waals surface area contributed by atoms with Crippen molar-refractivity contribution in [3.05, 3.63) is 54.1 Å². The molecule has 3 rings (SSSR count). The molecule has 0 bridgehead atoms. The van der Waals surface area contributed by atoms with Gasteiger partial charge in [0.2, 0.25) is 0 Å². The van der Waals surface area contributed by atoms with E-state index < -0.39 is 6.10 Å². The summed E-state index contributed by atoms with van der Waals surface area (Å²) >= 11 is 0. The molecule has 0 aliphatic rings. The fourth-order valence-electron chi connectivity index (χ4n) is 2.51. The van der Waals surface area contributed by atoms with Crippen molar-refractivity contribution in [2.45, 2.75) is 26.5 Å². The van der Waals surface area contributed by atoms with Crippen LogP contribution in [0.1, 0.15) is 19.4 Å². The molecular weight excluding hydrogens is 346 g/mol. The number of nitrogens with zero attached hydrogens (tertiary/aromatic N) is 4. The third-order valence-corrected chi connectivity index (χ3v) is 3.72. The van der Waals surface area contributed by atoms with Crippen LogP contribution in [-0.4, -0.2) is 44.6 Å². The number of hydrogen-bond acceptors (Lipinski definition) is 7. The predicted molar refractivity (Wildman–Crippen MR) is 100 cm³/mol. The number of para-hydroxylation sites is 1. The maximum Gasteiger partial charge on any atom is 0.346 e. The van der Waals surface area contributed by atoms with E-state index in [0.29, 0.717) is 31.2 Å². The highest BCUT2D eigenvalue weighted by Crippen LogP contribution is 2.32. The van der Waals surface area contributed by atoms with Gasteiger partial charge in [0.25, 0.3) is 0 Å². The number of nitrogens with one attached hydrogen (secondary N) is 1. The highest BCUT2D eigenvalue weighted by Gasteiger charge is 2.14. The Morgan fingerprint density at radius 2 is 1.96 bits per heavy atom. The van der Waals surface area contributed by atoms with E-state index in [0.717, 1.165) is 11.3 Å². The highest BCUT2D eigenvalue weighted by atomic mass is 16.5. The van der Waals surface area contributed by atoms with Crippen molar-refractivity contribution in [3.63, 3.8) is 0 Å². The van der Waals surface area contributed by atoms with E-state index in [9.17, 15) is 5.11 Å². The normalized spacial score (nSPS) is 12.0. The van der Waals surface area contributed by atoms with E-state index >= 15 is 0 Å². The molecule has 0 amide bonds. The number of rotatable bonds is 9. The molecule has 0 saturated carbocycles. The molecule has 0 aliphatic carbocycles. The minimum Gasteiger partial charge on any atom is -0.490 e. The molecule has 27 heavy (non-hydrogen) atoms. The second-order valence-corrected chi connectivity index (χ2v) is 6.00. The first-order valence-electron chi connectivity index (χ1n) is 8.83. The zero-order chi connectivity index (χ0) is 19.1. The molecule has 2 N–H and O–H groups in total. The van der Waals surface area contributed by atoms with Crippen molar-refractivity contribution in [1.29, 1.82) is 0 Å². The summed E-state index contributed by atoms with van der Waals surface area (Å²) in [6.45, 7) is 5.30. The number of aliphatic hydroxyl groups excluding tert-OH is 1. The summed E-state index contributed by atoms with van der Waals surface area (Å²) in [4.78, 5) is 0. The zero-order valence-electron chi connectivity index (χ0n) is 15.4. The molecule has 0 fully saturated rings. The van der Waals surface area contributed by atoms with Gasteiger partial charge in [-0.15, -0.1) is 0 Å². The first-order chi connectivity index (χ1) is 13.2. The lowest BCUT2D eigenvalue weighted by atomic mass is 10.2. The van der Waals surface area contributed by atoms with Gasteiger partial charge < -0.3 is 19.9 Å². The van der Waals surface area contributed by atoms with E-state index in [1.807, 2.05) is 55.5 Å². The minimum atomic E-state index is -0.393. The average molecular weight is 369 g/mol. The van der Waals surface area contributed by atoms with Gasteiger partial charge in [0.05, 0.1) is 18.4 Å². The number of aromatic nitrogens is 4. The lowest BCUT2D eigenvalue weighted by Crippen LogP contribution is -2.23. The van der Waals surface area contributed by atoms with Crippen LogP contribution in [0.2, 0.25) is 0 Å². The summed E-state index contributed by atoms with van der Waals surface area (Å²) in [5.41, 5.74) is 1.82. The van der Waals surface area contributed by atoms with Gasteiger partial charge in [0.15, 0.2) is 11.5 Å². The molecule has 3 aromatic rings. The maximum atomic E-state index is 9.35. The van der Waals surface area contributed by atoms with E-state index in [2.05, 4.69) is 20.8 Å². The van der Waals surface area contributed by atoms with Crippen molar-refractivity contribution in [2.75, 3.05) is 13.2 Å². The Kier molecular flexibility index (Phi) is 6.35. The van der Waals surface area contributed by atoms with Crippen LogP contribution in [0.5, 0.6) is 17.5 Å². The van der Waals surface area contributed by atoms with Crippen LogP contribution >= 0.6 is 0 Å². The van der Waals surface area contributed by atoms with E-state index in [4.69, 9.17) is 9.47 Å². The molecule has 0 aliphatic heterocycles. The Balaban J connectivity index is 1.80. The summed E-state index contributed by atoms with van der Waals surface area (Å²) in [7, 11) is 0. The molecule has 1 heterocycles. The van der Waals surface area contributed by atoms with E-state index in [-0.39, 0.29) is 6.01 Å². The number of hydrogen-bond donors (Lipinski definition) is 2. The number of aliphatic hydroxyl groups is 1. The number of ether oxygens (including phenoxy) is 2. The molecule has 0 unspecified atom stereocenters. The van der Waals surface area contributed by atoms with Crippen LogP contribution in [-0.2, 0) is 6.54 Å². The first-order valence-corrected chi connectivity index (χ1v) is 8.83.